The largest absolute Gasteiger partial charge is 0.489 e. The standard InChI is InChI=1S/C18H20ClFO/c1-12(2)9-14-7-8-15(10-13(14)3)21-11-16-17(19)5-4-6-18(16)20/h4-8,10,12H,9,11H2,1-3H3. The molecule has 0 fully saturated rings. The Labute approximate surface area is 130 Å². The molecule has 0 bridgehead atoms. The molecule has 0 aliphatic rings. The van der Waals surface area contributed by atoms with Gasteiger partial charge in [-0.25, -0.2) is 4.39 Å². The van der Waals surface area contributed by atoms with Gasteiger partial charge < -0.3 is 4.74 Å². The number of halogens is 2. The highest BCUT2D eigenvalue weighted by molar-refractivity contribution is 6.31. The average molecular weight is 307 g/mol. The van der Waals surface area contributed by atoms with Crippen LogP contribution >= 0.6 is 11.6 Å². The van der Waals surface area contributed by atoms with Gasteiger partial charge in [0.1, 0.15) is 18.2 Å². The van der Waals surface area contributed by atoms with Gasteiger partial charge in [0.05, 0.1) is 5.02 Å². The molecule has 2 aromatic carbocycles. The maximum atomic E-state index is 13.7. The van der Waals surface area contributed by atoms with E-state index in [4.69, 9.17) is 16.3 Å². The Morgan fingerprint density at radius 3 is 2.57 bits per heavy atom. The predicted octanol–water partition coefficient (Wildman–Crippen LogP) is 5.57. The van der Waals surface area contributed by atoms with Gasteiger partial charge in [0.2, 0.25) is 0 Å². The number of ether oxygens (including phenoxy) is 1. The zero-order chi connectivity index (χ0) is 15.4. The Hall–Kier alpha value is -1.54. The second-order valence-electron chi connectivity index (χ2n) is 5.68. The lowest BCUT2D eigenvalue weighted by atomic mass is 9.99. The number of hydrogen-bond acceptors (Lipinski definition) is 1. The molecule has 0 unspecified atom stereocenters. The Morgan fingerprint density at radius 2 is 1.95 bits per heavy atom. The lowest BCUT2D eigenvalue weighted by Crippen LogP contribution is -2.01. The van der Waals surface area contributed by atoms with Crippen molar-refractivity contribution >= 4 is 11.6 Å². The smallest absolute Gasteiger partial charge is 0.131 e. The fourth-order valence-corrected chi connectivity index (χ4v) is 2.47. The molecule has 3 heteroatoms. The highest BCUT2D eigenvalue weighted by atomic mass is 35.5. The van der Waals surface area contributed by atoms with E-state index < -0.39 is 0 Å². The molecule has 112 valence electrons. The van der Waals surface area contributed by atoms with Crippen molar-refractivity contribution in [2.45, 2.75) is 33.8 Å². The predicted molar refractivity (Wildman–Crippen MR) is 85.5 cm³/mol. The minimum Gasteiger partial charge on any atom is -0.489 e. The molecule has 0 radical (unpaired) electrons. The number of benzene rings is 2. The zero-order valence-electron chi connectivity index (χ0n) is 12.6. The summed E-state index contributed by atoms with van der Waals surface area (Å²) in [5.74, 6) is 1.02. The third kappa shape index (κ3) is 4.21. The molecule has 0 aliphatic heterocycles. The molecule has 0 aromatic heterocycles. The van der Waals surface area contributed by atoms with Gasteiger partial charge in [0, 0.05) is 5.56 Å². The van der Waals surface area contributed by atoms with Crippen LogP contribution in [0.4, 0.5) is 4.39 Å². The van der Waals surface area contributed by atoms with E-state index in [1.807, 2.05) is 12.1 Å². The summed E-state index contributed by atoms with van der Waals surface area (Å²) in [6, 6.07) is 10.6. The van der Waals surface area contributed by atoms with Crippen LogP contribution in [0.15, 0.2) is 36.4 Å². The quantitative estimate of drug-likeness (QED) is 0.702. The van der Waals surface area contributed by atoms with E-state index in [1.54, 1.807) is 12.1 Å². The molecule has 0 N–H and O–H groups in total. The zero-order valence-corrected chi connectivity index (χ0v) is 13.4. The van der Waals surface area contributed by atoms with Crippen LogP contribution in [0.25, 0.3) is 0 Å². The first-order valence-corrected chi connectivity index (χ1v) is 7.50. The molecule has 0 spiro atoms. The van der Waals surface area contributed by atoms with Crippen LogP contribution in [-0.2, 0) is 13.0 Å². The van der Waals surface area contributed by atoms with Crippen LogP contribution in [0, 0.1) is 18.7 Å². The van der Waals surface area contributed by atoms with E-state index >= 15 is 0 Å². The maximum absolute atomic E-state index is 13.7. The molecule has 0 saturated heterocycles. The van der Waals surface area contributed by atoms with Crippen LogP contribution in [-0.4, -0.2) is 0 Å². The summed E-state index contributed by atoms with van der Waals surface area (Å²) in [7, 11) is 0. The van der Waals surface area contributed by atoms with Gasteiger partial charge in [-0.15, -0.1) is 0 Å². The monoisotopic (exact) mass is 306 g/mol. The van der Waals surface area contributed by atoms with Crippen molar-refractivity contribution in [2.75, 3.05) is 0 Å². The minimum atomic E-state index is -0.337. The maximum Gasteiger partial charge on any atom is 0.131 e. The highest BCUT2D eigenvalue weighted by Crippen LogP contribution is 2.23. The molecule has 21 heavy (non-hydrogen) atoms. The van der Waals surface area contributed by atoms with E-state index in [2.05, 4.69) is 26.8 Å². The second kappa shape index (κ2) is 6.95. The van der Waals surface area contributed by atoms with Gasteiger partial charge in [-0.2, -0.15) is 0 Å². The molecule has 1 nitrogen and oxygen atoms in total. The number of rotatable bonds is 5. The van der Waals surface area contributed by atoms with E-state index in [0.29, 0.717) is 16.5 Å². The van der Waals surface area contributed by atoms with Gasteiger partial charge >= 0.3 is 0 Å². The third-order valence-electron chi connectivity index (χ3n) is 3.39. The van der Waals surface area contributed by atoms with Gasteiger partial charge in [0.25, 0.3) is 0 Å². The first-order valence-electron chi connectivity index (χ1n) is 7.12. The highest BCUT2D eigenvalue weighted by Gasteiger charge is 2.08. The van der Waals surface area contributed by atoms with Crippen LogP contribution in [0.1, 0.15) is 30.5 Å². The van der Waals surface area contributed by atoms with Gasteiger partial charge in [-0.05, 0) is 54.7 Å². The van der Waals surface area contributed by atoms with Crippen LogP contribution in [0.5, 0.6) is 5.75 Å². The molecular weight excluding hydrogens is 287 g/mol. The first-order chi connectivity index (χ1) is 9.97. The summed E-state index contributed by atoms with van der Waals surface area (Å²) in [6.45, 7) is 6.60. The summed E-state index contributed by atoms with van der Waals surface area (Å²) < 4.78 is 19.3. The molecular formula is C18H20ClFO. The third-order valence-corrected chi connectivity index (χ3v) is 3.74. The van der Waals surface area contributed by atoms with Gasteiger partial charge in [0.15, 0.2) is 0 Å². The normalized spacial score (nSPS) is 11.0. The van der Waals surface area contributed by atoms with Crippen molar-refractivity contribution in [1.82, 2.24) is 0 Å². The summed E-state index contributed by atoms with van der Waals surface area (Å²) in [5, 5.41) is 0.392. The molecule has 0 saturated carbocycles. The summed E-state index contributed by atoms with van der Waals surface area (Å²) in [4.78, 5) is 0. The van der Waals surface area contributed by atoms with Crippen molar-refractivity contribution in [3.05, 3.63) is 63.9 Å². The Balaban J connectivity index is 2.09. The average Bonchev–Trinajstić information content (AvgIpc) is 2.41. The summed E-state index contributed by atoms with van der Waals surface area (Å²) in [6.07, 6.45) is 1.05. The number of aryl methyl sites for hydroxylation is 1. The second-order valence-corrected chi connectivity index (χ2v) is 6.08. The Morgan fingerprint density at radius 1 is 1.19 bits per heavy atom. The van der Waals surface area contributed by atoms with Crippen molar-refractivity contribution in [3.63, 3.8) is 0 Å². The van der Waals surface area contributed by atoms with Crippen LogP contribution < -0.4 is 4.74 Å². The molecule has 0 atom stereocenters. The van der Waals surface area contributed by atoms with Crippen molar-refractivity contribution < 1.29 is 9.13 Å². The molecule has 0 amide bonds. The lowest BCUT2D eigenvalue weighted by Gasteiger charge is -2.12. The van der Waals surface area contributed by atoms with Crippen molar-refractivity contribution in [2.24, 2.45) is 5.92 Å². The molecule has 0 aliphatic carbocycles. The number of hydrogen-bond donors (Lipinski definition) is 0. The SMILES string of the molecule is Cc1cc(OCc2c(F)cccc2Cl)ccc1CC(C)C. The molecule has 2 rings (SSSR count). The fourth-order valence-electron chi connectivity index (χ4n) is 2.25. The Bertz CT molecular complexity index is 602. The topological polar surface area (TPSA) is 9.23 Å². The van der Waals surface area contributed by atoms with E-state index in [1.165, 1.54) is 17.2 Å². The van der Waals surface area contributed by atoms with Crippen molar-refractivity contribution in [1.29, 1.82) is 0 Å². The molecule has 2 aromatic rings. The minimum absolute atomic E-state index is 0.133. The summed E-state index contributed by atoms with van der Waals surface area (Å²) >= 11 is 5.99. The van der Waals surface area contributed by atoms with Gasteiger partial charge in [-0.1, -0.05) is 37.6 Å². The van der Waals surface area contributed by atoms with E-state index in [0.717, 1.165) is 12.2 Å². The summed E-state index contributed by atoms with van der Waals surface area (Å²) in [5.41, 5.74) is 2.91. The first kappa shape index (κ1) is 15.8. The van der Waals surface area contributed by atoms with E-state index in [9.17, 15) is 4.39 Å². The van der Waals surface area contributed by atoms with Crippen LogP contribution in [0.3, 0.4) is 0 Å². The van der Waals surface area contributed by atoms with E-state index in [-0.39, 0.29) is 12.4 Å². The molecule has 0 heterocycles. The van der Waals surface area contributed by atoms with Gasteiger partial charge in [-0.3, -0.25) is 0 Å². The lowest BCUT2D eigenvalue weighted by molar-refractivity contribution is 0.299. The van der Waals surface area contributed by atoms with Crippen LogP contribution in [0.2, 0.25) is 5.02 Å². The van der Waals surface area contributed by atoms with Crippen molar-refractivity contribution in [3.8, 4) is 5.75 Å². The fraction of sp³-hybridized carbons (Fsp3) is 0.333. The Kier molecular flexibility index (Phi) is 5.24.